The van der Waals surface area contributed by atoms with E-state index in [1.165, 1.54) is 4.90 Å². The van der Waals surface area contributed by atoms with Crippen molar-refractivity contribution in [3.8, 4) is 0 Å². The quantitative estimate of drug-likeness (QED) is 0.630. The van der Waals surface area contributed by atoms with E-state index in [1.54, 1.807) is 30.3 Å². The largest absolute Gasteiger partial charge is 0.329 e. The first kappa shape index (κ1) is 19.5. The number of aryl methyl sites for hydroxylation is 1. The van der Waals surface area contributed by atoms with Gasteiger partial charge < -0.3 is 10.6 Å². The van der Waals surface area contributed by atoms with Crippen LogP contribution in [0.4, 0.5) is 21.9 Å². The number of benzene rings is 3. The maximum absolute atomic E-state index is 12.9. The van der Waals surface area contributed by atoms with Crippen LogP contribution in [0.5, 0.6) is 0 Å². The van der Waals surface area contributed by atoms with Gasteiger partial charge in [-0.05, 0) is 55.0 Å². The Labute approximate surface area is 168 Å². The summed E-state index contributed by atoms with van der Waals surface area (Å²) in [6.07, 6.45) is 0. The lowest BCUT2D eigenvalue weighted by Gasteiger charge is -2.23. The lowest BCUT2D eigenvalue weighted by molar-refractivity contribution is -0.116. The molecule has 0 aliphatic carbocycles. The van der Waals surface area contributed by atoms with Gasteiger partial charge in [-0.25, -0.2) is 4.79 Å². The van der Waals surface area contributed by atoms with Crippen LogP contribution in [0.1, 0.15) is 5.56 Å². The minimum absolute atomic E-state index is 0.168. The van der Waals surface area contributed by atoms with Crippen LogP contribution in [0.25, 0.3) is 0 Å². The number of rotatable bonds is 5. The zero-order valence-corrected chi connectivity index (χ0v) is 16.1. The third-order valence-electron chi connectivity index (χ3n) is 4.01. The molecule has 28 heavy (non-hydrogen) atoms. The van der Waals surface area contributed by atoms with Gasteiger partial charge in [-0.1, -0.05) is 48.0 Å². The van der Waals surface area contributed by atoms with Crippen molar-refractivity contribution in [2.45, 2.75) is 6.92 Å². The van der Waals surface area contributed by atoms with E-state index in [9.17, 15) is 9.59 Å². The Bertz CT molecular complexity index is 976. The Kier molecular flexibility index (Phi) is 6.29. The van der Waals surface area contributed by atoms with Crippen molar-refractivity contribution in [3.63, 3.8) is 0 Å². The molecule has 0 saturated carbocycles. The standard InChI is InChI=1S/C22H20ClN3O2/c1-16-7-5-9-18(13-16)25-22(28)24-15-21(27)26(19-10-3-2-4-11-19)20-12-6-8-17(23)14-20/h2-14H,15H2,1H3,(H2,24,25,28). The van der Waals surface area contributed by atoms with Crippen LogP contribution in [-0.4, -0.2) is 18.5 Å². The molecule has 0 atom stereocenters. The van der Waals surface area contributed by atoms with Crippen LogP contribution in [-0.2, 0) is 4.79 Å². The summed E-state index contributed by atoms with van der Waals surface area (Å²) in [5.41, 5.74) is 3.02. The summed E-state index contributed by atoms with van der Waals surface area (Å²) in [6, 6.07) is 23.2. The third kappa shape index (κ3) is 5.11. The summed E-state index contributed by atoms with van der Waals surface area (Å²) in [7, 11) is 0. The topological polar surface area (TPSA) is 61.4 Å². The van der Waals surface area contributed by atoms with Gasteiger partial charge in [0.1, 0.15) is 0 Å². The highest BCUT2D eigenvalue weighted by molar-refractivity contribution is 6.31. The average molecular weight is 394 g/mol. The number of amides is 3. The molecule has 0 unspecified atom stereocenters. The van der Waals surface area contributed by atoms with Crippen LogP contribution in [0, 0.1) is 6.92 Å². The predicted octanol–water partition coefficient (Wildman–Crippen LogP) is 5.13. The summed E-state index contributed by atoms with van der Waals surface area (Å²) in [5.74, 6) is -0.284. The van der Waals surface area contributed by atoms with Gasteiger partial charge in [-0.3, -0.25) is 9.69 Å². The molecule has 142 valence electrons. The molecule has 0 radical (unpaired) electrons. The fourth-order valence-electron chi connectivity index (χ4n) is 2.76. The van der Waals surface area contributed by atoms with Crippen LogP contribution in [0.3, 0.4) is 0 Å². The molecule has 3 aromatic rings. The minimum atomic E-state index is -0.446. The van der Waals surface area contributed by atoms with Gasteiger partial charge in [0.2, 0.25) is 0 Å². The Morgan fingerprint density at radius 2 is 1.61 bits per heavy atom. The number of hydrogen-bond acceptors (Lipinski definition) is 2. The molecule has 6 heteroatoms. The van der Waals surface area contributed by atoms with E-state index in [-0.39, 0.29) is 12.5 Å². The molecule has 0 aliphatic rings. The molecule has 5 nitrogen and oxygen atoms in total. The van der Waals surface area contributed by atoms with E-state index in [0.29, 0.717) is 22.1 Å². The van der Waals surface area contributed by atoms with Crippen molar-refractivity contribution in [1.82, 2.24) is 5.32 Å². The second-order valence-corrected chi connectivity index (χ2v) is 6.66. The normalized spacial score (nSPS) is 10.2. The van der Waals surface area contributed by atoms with Gasteiger partial charge in [0.25, 0.3) is 5.91 Å². The lowest BCUT2D eigenvalue weighted by Crippen LogP contribution is -2.39. The molecular formula is C22H20ClN3O2. The fraction of sp³-hybridized carbons (Fsp3) is 0.0909. The number of hydrogen-bond donors (Lipinski definition) is 2. The SMILES string of the molecule is Cc1cccc(NC(=O)NCC(=O)N(c2ccccc2)c2cccc(Cl)c2)c1. The van der Waals surface area contributed by atoms with Gasteiger partial charge >= 0.3 is 6.03 Å². The highest BCUT2D eigenvalue weighted by Crippen LogP contribution is 2.27. The second kappa shape index (κ2) is 9.06. The van der Waals surface area contributed by atoms with Crippen LogP contribution in [0.2, 0.25) is 5.02 Å². The maximum Gasteiger partial charge on any atom is 0.319 e. The number of halogens is 1. The van der Waals surface area contributed by atoms with Gasteiger partial charge in [0, 0.05) is 16.4 Å². The van der Waals surface area contributed by atoms with Crippen molar-refractivity contribution in [1.29, 1.82) is 0 Å². The molecule has 0 fully saturated rings. The third-order valence-corrected chi connectivity index (χ3v) is 4.24. The lowest BCUT2D eigenvalue weighted by atomic mass is 10.2. The molecule has 3 amide bonds. The second-order valence-electron chi connectivity index (χ2n) is 6.22. The van der Waals surface area contributed by atoms with Crippen LogP contribution >= 0.6 is 11.6 Å². The minimum Gasteiger partial charge on any atom is -0.329 e. The molecule has 0 spiro atoms. The Morgan fingerprint density at radius 1 is 0.893 bits per heavy atom. The molecule has 0 heterocycles. The molecule has 3 aromatic carbocycles. The number of carbonyl (C=O) groups excluding carboxylic acids is 2. The van der Waals surface area contributed by atoms with Crippen molar-refractivity contribution in [2.75, 3.05) is 16.8 Å². The first-order valence-electron chi connectivity index (χ1n) is 8.78. The highest BCUT2D eigenvalue weighted by atomic mass is 35.5. The summed E-state index contributed by atoms with van der Waals surface area (Å²) < 4.78 is 0. The molecular weight excluding hydrogens is 374 g/mol. The number of anilines is 3. The maximum atomic E-state index is 12.9. The zero-order chi connectivity index (χ0) is 19.9. The number of nitrogens with one attached hydrogen (secondary N) is 2. The predicted molar refractivity (Wildman–Crippen MR) is 113 cm³/mol. The molecule has 0 bridgehead atoms. The summed E-state index contributed by atoms with van der Waals surface area (Å²) in [4.78, 5) is 26.6. The number of carbonyl (C=O) groups is 2. The molecule has 0 aliphatic heterocycles. The average Bonchev–Trinajstić information content (AvgIpc) is 2.67. The van der Waals surface area contributed by atoms with Crippen molar-refractivity contribution in [3.05, 3.63) is 89.4 Å². The van der Waals surface area contributed by atoms with E-state index < -0.39 is 6.03 Å². The van der Waals surface area contributed by atoms with E-state index >= 15 is 0 Å². The van der Waals surface area contributed by atoms with Crippen LogP contribution < -0.4 is 15.5 Å². The van der Waals surface area contributed by atoms with Crippen LogP contribution in [0.15, 0.2) is 78.9 Å². The number of urea groups is 1. The first-order valence-corrected chi connectivity index (χ1v) is 9.16. The zero-order valence-electron chi connectivity index (χ0n) is 15.4. The van der Waals surface area contributed by atoms with E-state index in [2.05, 4.69) is 10.6 Å². The molecule has 3 rings (SSSR count). The summed E-state index contributed by atoms with van der Waals surface area (Å²) in [5, 5.41) is 5.86. The number of para-hydroxylation sites is 1. The monoisotopic (exact) mass is 393 g/mol. The van der Waals surface area contributed by atoms with Gasteiger partial charge in [-0.2, -0.15) is 0 Å². The van der Waals surface area contributed by atoms with Crippen molar-refractivity contribution in [2.24, 2.45) is 0 Å². The van der Waals surface area contributed by atoms with E-state index in [4.69, 9.17) is 11.6 Å². The van der Waals surface area contributed by atoms with E-state index in [0.717, 1.165) is 5.56 Å². The summed E-state index contributed by atoms with van der Waals surface area (Å²) >= 11 is 6.09. The van der Waals surface area contributed by atoms with E-state index in [1.807, 2.05) is 55.5 Å². The molecule has 2 N–H and O–H groups in total. The molecule has 0 aromatic heterocycles. The highest BCUT2D eigenvalue weighted by Gasteiger charge is 2.19. The Balaban J connectivity index is 1.72. The number of nitrogens with zero attached hydrogens (tertiary/aromatic N) is 1. The summed E-state index contributed by atoms with van der Waals surface area (Å²) in [6.45, 7) is 1.77. The van der Waals surface area contributed by atoms with Gasteiger partial charge in [0.05, 0.1) is 12.2 Å². The molecule has 0 saturated heterocycles. The Hall–Kier alpha value is -3.31. The Morgan fingerprint density at radius 3 is 2.32 bits per heavy atom. The smallest absolute Gasteiger partial charge is 0.319 e. The van der Waals surface area contributed by atoms with Crippen molar-refractivity contribution >= 4 is 40.6 Å². The van der Waals surface area contributed by atoms with Gasteiger partial charge in [-0.15, -0.1) is 0 Å². The van der Waals surface area contributed by atoms with Gasteiger partial charge in [0.15, 0.2) is 0 Å². The first-order chi connectivity index (χ1) is 13.5. The fourth-order valence-corrected chi connectivity index (χ4v) is 2.95. The van der Waals surface area contributed by atoms with Crippen molar-refractivity contribution < 1.29 is 9.59 Å².